The van der Waals surface area contributed by atoms with Crippen LogP contribution in [0, 0.1) is 29.1 Å². The maximum atomic E-state index is 12.6. The molecule has 5 heteroatoms. The van der Waals surface area contributed by atoms with Gasteiger partial charge >= 0.3 is 6.18 Å². The van der Waals surface area contributed by atoms with E-state index in [-0.39, 0.29) is 24.2 Å². The Morgan fingerprint density at radius 2 is 2.10 bits per heavy atom. The van der Waals surface area contributed by atoms with E-state index in [9.17, 15) is 23.5 Å². The van der Waals surface area contributed by atoms with Crippen molar-refractivity contribution in [1.29, 1.82) is 5.26 Å². The number of allylic oxidation sites excluding steroid dienone is 4. The molecule has 31 heavy (non-hydrogen) atoms. The van der Waals surface area contributed by atoms with Crippen LogP contribution in [-0.4, -0.2) is 16.9 Å². The lowest BCUT2D eigenvalue weighted by Gasteiger charge is -2.52. The molecule has 0 amide bonds. The summed E-state index contributed by atoms with van der Waals surface area (Å²) in [6.07, 6.45) is 5.76. The highest BCUT2D eigenvalue weighted by molar-refractivity contribution is 5.45. The summed E-state index contributed by atoms with van der Waals surface area (Å²) in [6, 6.07) is 8.00. The summed E-state index contributed by atoms with van der Waals surface area (Å²) in [5.41, 5.74) is 2.37. The van der Waals surface area contributed by atoms with Gasteiger partial charge in [0.2, 0.25) is 0 Å². The maximum Gasteiger partial charge on any atom is 0.457 e. The standard InChI is InChI=1S/C26H28F3NO/c1-3-4-5-19(2)10-11-25-14-12-24(31,13-15-26(27,28)29)17-22(25)8-7-21-16-20(18-30)6-9-23(21)25/h3-6,9,16,22,31H,7-8,10-12,14,17H2,1-2H3/b4-3-,19-5+/t22-,24+,25-/m1/s1. The first kappa shape index (κ1) is 23.2. The van der Waals surface area contributed by atoms with Gasteiger partial charge in [-0.2, -0.15) is 18.4 Å². The molecule has 0 heterocycles. The van der Waals surface area contributed by atoms with Gasteiger partial charge in [0.15, 0.2) is 0 Å². The Morgan fingerprint density at radius 3 is 2.77 bits per heavy atom. The van der Waals surface area contributed by atoms with E-state index in [1.165, 1.54) is 17.1 Å². The fraction of sp³-hybridized carbons (Fsp3) is 0.500. The molecule has 1 aromatic carbocycles. The predicted molar refractivity (Wildman–Crippen MR) is 115 cm³/mol. The van der Waals surface area contributed by atoms with Gasteiger partial charge in [0, 0.05) is 5.92 Å². The second-order valence-corrected chi connectivity index (χ2v) is 8.90. The van der Waals surface area contributed by atoms with E-state index >= 15 is 0 Å². The Hall–Kier alpha value is -2.50. The van der Waals surface area contributed by atoms with Crippen molar-refractivity contribution >= 4 is 0 Å². The number of nitriles is 1. The maximum absolute atomic E-state index is 12.6. The van der Waals surface area contributed by atoms with Crippen molar-refractivity contribution in [2.75, 3.05) is 0 Å². The third kappa shape index (κ3) is 5.23. The Balaban J connectivity index is 1.97. The van der Waals surface area contributed by atoms with Crippen LogP contribution >= 0.6 is 0 Å². The summed E-state index contributed by atoms with van der Waals surface area (Å²) in [5.74, 6) is 3.48. The number of aliphatic hydroxyl groups is 1. The number of rotatable bonds is 4. The molecular weight excluding hydrogens is 399 g/mol. The Bertz CT molecular complexity index is 989. The van der Waals surface area contributed by atoms with Crippen molar-refractivity contribution in [2.45, 2.75) is 76.0 Å². The fourth-order valence-electron chi connectivity index (χ4n) is 5.29. The van der Waals surface area contributed by atoms with Gasteiger partial charge in [-0.25, -0.2) is 0 Å². The minimum absolute atomic E-state index is 0.0451. The first-order valence-corrected chi connectivity index (χ1v) is 10.8. The molecule has 3 rings (SSSR count). The van der Waals surface area contributed by atoms with Gasteiger partial charge in [0.25, 0.3) is 0 Å². The summed E-state index contributed by atoms with van der Waals surface area (Å²) < 4.78 is 37.9. The fourth-order valence-corrected chi connectivity index (χ4v) is 5.29. The van der Waals surface area contributed by atoms with E-state index in [1.807, 2.05) is 37.3 Å². The summed E-state index contributed by atoms with van der Waals surface area (Å²) >= 11 is 0. The normalized spacial score (nSPS) is 28.3. The summed E-state index contributed by atoms with van der Waals surface area (Å²) in [4.78, 5) is 0. The van der Waals surface area contributed by atoms with Crippen LogP contribution in [-0.2, 0) is 11.8 Å². The average molecular weight is 428 g/mol. The van der Waals surface area contributed by atoms with Crippen LogP contribution in [0.15, 0.2) is 42.0 Å². The summed E-state index contributed by atoms with van der Waals surface area (Å²) in [5, 5.41) is 20.2. The van der Waals surface area contributed by atoms with Crippen LogP contribution in [0.3, 0.4) is 0 Å². The molecule has 164 valence electrons. The van der Waals surface area contributed by atoms with Gasteiger partial charge in [0.05, 0.1) is 11.6 Å². The molecule has 0 spiro atoms. The minimum atomic E-state index is -4.61. The van der Waals surface area contributed by atoms with Gasteiger partial charge in [-0.1, -0.05) is 35.8 Å². The topological polar surface area (TPSA) is 44.0 Å². The summed E-state index contributed by atoms with van der Waals surface area (Å²) in [7, 11) is 0. The first-order valence-electron chi connectivity index (χ1n) is 10.8. The number of nitrogens with zero attached hydrogens (tertiary/aromatic N) is 1. The van der Waals surface area contributed by atoms with Crippen LogP contribution in [0.5, 0.6) is 0 Å². The molecule has 2 aliphatic rings. The van der Waals surface area contributed by atoms with E-state index in [4.69, 9.17) is 0 Å². The molecule has 1 fully saturated rings. The van der Waals surface area contributed by atoms with Gasteiger partial charge in [-0.3, -0.25) is 0 Å². The average Bonchev–Trinajstić information content (AvgIpc) is 2.74. The van der Waals surface area contributed by atoms with Crippen molar-refractivity contribution in [2.24, 2.45) is 5.92 Å². The van der Waals surface area contributed by atoms with Gasteiger partial charge in [0.1, 0.15) is 5.60 Å². The van der Waals surface area contributed by atoms with E-state index in [0.29, 0.717) is 12.0 Å². The van der Waals surface area contributed by atoms with Gasteiger partial charge in [-0.05, 0) is 93.4 Å². The van der Waals surface area contributed by atoms with Crippen LogP contribution in [0.4, 0.5) is 13.2 Å². The molecule has 0 aromatic heterocycles. The van der Waals surface area contributed by atoms with Crippen LogP contribution in [0.25, 0.3) is 0 Å². The smallest absolute Gasteiger partial charge is 0.378 e. The third-order valence-electron chi connectivity index (χ3n) is 6.86. The van der Waals surface area contributed by atoms with E-state index < -0.39 is 11.8 Å². The number of alkyl halides is 3. The molecule has 0 bridgehead atoms. The zero-order chi connectivity index (χ0) is 22.7. The third-order valence-corrected chi connectivity index (χ3v) is 6.86. The number of benzene rings is 1. The monoisotopic (exact) mass is 427 g/mol. The molecule has 0 saturated heterocycles. The van der Waals surface area contributed by atoms with Gasteiger partial charge < -0.3 is 5.11 Å². The van der Waals surface area contributed by atoms with Crippen LogP contribution in [0.2, 0.25) is 0 Å². The zero-order valence-corrected chi connectivity index (χ0v) is 18.0. The second kappa shape index (κ2) is 8.93. The van der Waals surface area contributed by atoms with E-state index in [1.54, 1.807) is 0 Å². The van der Waals surface area contributed by atoms with E-state index in [0.717, 1.165) is 31.2 Å². The Morgan fingerprint density at radius 1 is 1.32 bits per heavy atom. The summed E-state index contributed by atoms with van der Waals surface area (Å²) in [6.45, 7) is 4.05. The molecule has 0 aliphatic heterocycles. The molecule has 1 aromatic rings. The first-order chi connectivity index (χ1) is 14.6. The molecule has 1 N–H and O–H groups in total. The van der Waals surface area contributed by atoms with Crippen molar-refractivity contribution < 1.29 is 18.3 Å². The number of halogens is 3. The number of fused-ring (bicyclic) bond motifs is 3. The lowest BCUT2D eigenvalue weighted by molar-refractivity contribution is -0.0713. The predicted octanol–water partition coefficient (Wildman–Crippen LogP) is 6.14. The van der Waals surface area contributed by atoms with Crippen molar-refractivity contribution in [3.05, 3.63) is 58.7 Å². The quantitative estimate of drug-likeness (QED) is 0.463. The Labute approximate surface area is 182 Å². The molecular formula is C26H28F3NO. The number of hydrogen-bond donors (Lipinski definition) is 1. The highest BCUT2D eigenvalue weighted by Crippen LogP contribution is 2.55. The largest absolute Gasteiger partial charge is 0.457 e. The lowest BCUT2D eigenvalue weighted by Crippen LogP contribution is -2.49. The lowest BCUT2D eigenvalue weighted by atomic mass is 9.53. The zero-order valence-electron chi connectivity index (χ0n) is 18.0. The second-order valence-electron chi connectivity index (χ2n) is 8.90. The number of hydrogen-bond acceptors (Lipinski definition) is 2. The molecule has 3 atom stereocenters. The molecule has 0 unspecified atom stereocenters. The molecule has 2 aliphatic carbocycles. The highest BCUT2D eigenvalue weighted by atomic mass is 19.4. The van der Waals surface area contributed by atoms with Gasteiger partial charge in [-0.15, -0.1) is 0 Å². The van der Waals surface area contributed by atoms with Crippen molar-refractivity contribution in [3.8, 4) is 17.9 Å². The van der Waals surface area contributed by atoms with Crippen molar-refractivity contribution in [3.63, 3.8) is 0 Å². The molecule has 2 nitrogen and oxygen atoms in total. The molecule has 0 radical (unpaired) electrons. The minimum Gasteiger partial charge on any atom is -0.378 e. The Kier molecular flexibility index (Phi) is 6.68. The van der Waals surface area contributed by atoms with Crippen LogP contribution in [0.1, 0.15) is 69.1 Å². The van der Waals surface area contributed by atoms with Crippen molar-refractivity contribution in [1.82, 2.24) is 0 Å². The van der Waals surface area contributed by atoms with Crippen LogP contribution < -0.4 is 0 Å². The SMILES string of the molecule is C/C=C\C=C(/C)CC[C@@]12CC[C@](O)(C#CC(F)(F)F)C[C@H]1CCc1cc(C#N)ccc12. The van der Waals surface area contributed by atoms with E-state index in [2.05, 4.69) is 25.0 Å². The number of aryl methyl sites for hydroxylation is 1. The highest BCUT2D eigenvalue weighted by Gasteiger charge is 2.51. The molecule has 1 saturated carbocycles.